The summed E-state index contributed by atoms with van der Waals surface area (Å²) in [5.74, 6) is -0.755. The van der Waals surface area contributed by atoms with E-state index >= 15 is 0 Å². The van der Waals surface area contributed by atoms with E-state index in [0.717, 1.165) is 28.0 Å². The molecule has 1 N–H and O–H groups in total. The molecule has 0 aromatic heterocycles. The molecular weight excluding hydrogens is 322 g/mol. The number of carboxylic acids is 1. The predicted octanol–water partition coefficient (Wildman–Crippen LogP) is 2.54. The molecule has 0 saturated carbocycles. The van der Waals surface area contributed by atoms with Crippen molar-refractivity contribution >= 4 is 46.3 Å². The zero-order chi connectivity index (χ0) is 16.1. The van der Waals surface area contributed by atoms with Gasteiger partial charge >= 0.3 is 5.97 Å². The quantitative estimate of drug-likeness (QED) is 0.659. The van der Waals surface area contributed by atoms with Gasteiger partial charge in [0.15, 0.2) is 0 Å². The van der Waals surface area contributed by atoms with E-state index in [1.54, 1.807) is 19.3 Å². The Balaban J connectivity index is 2.14. The molecule has 0 bridgehead atoms. The molecule has 1 aromatic rings. The Morgan fingerprint density at radius 2 is 2.18 bits per heavy atom. The summed E-state index contributed by atoms with van der Waals surface area (Å²) in [4.78, 5) is 24.2. The van der Waals surface area contributed by atoms with E-state index in [9.17, 15) is 9.59 Å². The van der Waals surface area contributed by atoms with Gasteiger partial charge in [-0.25, -0.2) is 0 Å². The number of thioether (sulfide) groups is 1. The fourth-order valence-electron chi connectivity index (χ4n) is 1.83. The number of ether oxygens (including phenoxy) is 1. The largest absolute Gasteiger partial charge is 0.496 e. The zero-order valence-electron chi connectivity index (χ0n) is 11.7. The minimum Gasteiger partial charge on any atom is -0.496 e. The van der Waals surface area contributed by atoms with Gasteiger partial charge in [-0.05, 0) is 12.1 Å². The van der Waals surface area contributed by atoms with Crippen molar-refractivity contribution in [3.63, 3.8) is 0 Å². The highest BCUT2D eigenvalue weighted by atomic mass is 32.2. The van der Waals surface area contributed by atoms with E-state index in [4.69, 9.17) is 22.1 Å². The molecule has 0 unspecified atom stereocenters. The average molecular weight is 335 g/mol. The standard InChI is InChI=1S/C15H13NO4S2/c1-20-11-7-3-2-5-10(11)6-4-8-12-14(19)16(9-13(17)18)15(21)22-12/h2-8H,9H2,1H3,(H,17,18)/b6-4+,12-8?. The van der Waals surface area contributed by atoms with Crippen LogP contribution in [0.3, 0.4) is 0 Å². The monoisotopic (exact) mass is 335 g/mol. The van der Waals surface area contributed by atoms with Gasteiger partial charge < -0.3 is 9.84 Å². The smallest absolute Gasteiger partial charge is 0.323 e. The Bertz CT molecular complexity index is 682. The number of allylic oxidation sites excluding steroid dienone is 2. The van der Waals surface area contributed by atoms with Crippen molar-refractivity contribution in [1.29, 1.82) is 0 Å². The van der Waals surface area contributed by atoms with Crippen LogP contribution in [0.4, 0.5) is 0 Å². The van der Waals surface area contributed by atoms with Crippen LogP contribution in [-0.4, -0.2) is 39.9 Å². The summed E-state index contributed by atoms with van der Waals surface area (Å²) < 4.78 is 5.48. The molecule has 0 radical (unpaired) electrons. The molecule has 0 spiro atoms. The third-order valence-corrected chi connectivity index (χ3v) is 4.23. The highest BCUT2D eigenvalue weighted by molar-refractivity contribution is 8.26. The van der Waals surface area contributed by atoms with Gasteiger partial charge in [0.25, 0.3) is 5.91 Å². The lowest BCUT2D eigenvalue weighted by molar-refractivity contribution is -0.140. The van der Waals surface area contributed by atoms with Crippen molar-refractivity contribution in [3.8, 4) is 5.75 Å². The fraction of sp³-hybridized carbons (Fsp3) is 0.133. The fourth-order valence-corrected chi connectivity index (χ4v) is 3.04. The maximum Gasteiger partial charge on any atom is 0.323 e. The number of carboxylic acid groups (broad SMARTS) is 1. The maximum absolute atomic E-state index is 12.0. The molecule has 22 heavy (non-hydrogen) atoms. The van der Waals surface area contributed by atoms with Gasteiger partial charge in [-0.3, -0.25) is 14.5 Å². The molecule has 5 nitrogen and oxygen atoms in total. The van der Waals surface area contributed by atoms with Crippen LogP contribution < -0.4 is 4.74 Å². The van der Waals surface area contributed by atoms with E-state index in [1.807, 2.05) is 30.3 Å². The number of aliphatic carboxylic acids is 1. The summed E-state index contributed by atoms with van der Waals surface area (Å²) in [5, 5.41) is 8.77. The second kappa shape index (κ2) is 7.24. The highest BCUT2D eigenvalue weighted by Gasteiger charge is 2.32. The first-order chi connectivity index (χ1) is 10.5. The Morgan fingerprint density at radius 3 is 2.86 bits per heavy atom. The summed E-state index contributed by atoms with van der Waals surface area (Å²) in [6.45, 7) is -0.418. The molecule has 0 atom stereocenters. The third kappa shape index (κ3) is 3.75. The topological polar surface area (TPSA) is 66.8 Å². The number of hydrogen-bond acceptors (Lipinski definition) is 5. The maximum atomic E-state index is 12.0. The molecule has 2 rings (SSSR count). The Morgan fingerprint density at radius 1 is 1.45 bits per heavy atom. The van der Waals surface area contributed by atoms with Crippen LogP contribution in [0.25, 0.3) is 6.08 Å². The molecule has 1 saturated heterocycles. The zero-order valence-corrected chi connectivity index (χ0v) is 13.3. The third-order valence-electron chi connectivity index (χ3n) is 2.83. The molecule has 1 aliphatic rings. The lowest BCUT2D eigenvalue weighted by Gasteiger charge is -2.09. The molecule has 1 heterocycles. The van der Waals surface area contributed by atoms with E-state index in [1.165, 1.54) is 0 Å². The Hall–Kier alpha value is -2.12. The van der Waals surface area contributed by atoms with Crippen LogP contribution >= 0.6 is 24.0 Å². The summed E-state index contributed by atoms with van der Waals surface area (Å²) in [5.41, 5.74) is 0.877. The van der Waals surface area contributed by atoms with Gasteiger partial charge in [-0.2, -0.15) is 0 Å². The van der Waals surface area contributed by atoms with E-state index in [2.05, 4.69) is 0 Å². The van der Waals surface area contributed by atoms with Gasteiger partial charge in [0, 0.05) is 5.56 Å². The number of carbonyl (C=O) groups excluding carboxylic acids is 1. The van der Waals surface area contributed by atoms with Gasteiger partial charge in [-0.1, -0.05) is 54.3 Å². The molecule has 1 amide bonds. The first-order valence-corrected chi connectivity index (χ1v) is 7.52. The number of methoxy groups -OCH3 is 1. The Kier molecular flexibility index (Phi) is 5.35. The van der Waals surface area contributed by atoms with Gasteiger partial charge in [-0.15, -0.1) is 0 Å². The average Bonchev–Trinajstić information content (AvgIpc) is 2.75. The number of benzene rings is 1. The van der Waals surface area contributed by atoms with Crippen molar-refractivity contribution < 1.29 is 19.4 Å². The number of nitrogens with zero attached hydrogens (tertiary/aromatic N) is 1. The van der Waals surface area contributed by atoms with E-state index in [-0.39, 0.29) is 10.2 Å². The first kappa shape index (κ1) is 16.3. The van der Waals surface area contributed by atoms with Crippen LogP contribution in [0.2, 0.25) is 0 Å². The highest BCUT2D eigenvalue weighted by Crippen LogP contribution is 2.30. The molecule has 0 aliphatic carbocycles. The van der Waals surface area contributed by atoms with Crippen molar-refractivity contribution in [2.75, 3.05) is 13.7 Å². The van der Waals surface area contributed by atoms with E-state index < -0.39 is 12.5 Å². The lowest BCUT2D eigenvalue weighted by Crippen LogP contribution is -2.33. The number of thiocarbonyl (C=S) groups is 1. The van der Waals surface area contributed by atoms with Crippen LogP contribution in [0.15, 0.2) is 41.3 Å². The SMILES string of the molecule is COc1ccccc1/C=C/C=C1SC(=S)N(CC(=O)O)C1=O. The molecule has 1 aliphatic heterocycles. The normalized spacial score (nSPS) is 16.8. The lowest BCUT2D eigenvalue weighted by atomic mass is 10.2. The predicted molar refractivity (Wildman–Crippen MR) is 89.6 cm³/mol. The summed E-state index contributed by atoms with van der Waals surface area (Å²) in [6.07, 6.45) is 5.14. The second-order valence-corrected chi connectivity index (χ2v) is 5.96. The van der Waals surface area contributed by atoms with Crippen molar-refractivity contribution in [3.05, 3.63) is 46.9 Å². The molecule has 1 aromatic carbocycles. The number of para-hydroxylation sites is 1. The number of carbonyl (C=O) groups is 2. The minimum atomic E-state index is -1.10. The van der Waals surface area contributed by atoms with Crippen molar-refractivity contribution in [1.82, 2.24) is 4.90 Å². The van der Waals surface area contributed by atoms with Gasteiger partial charge in [0.2, 0.25) is 0 Å². The summed E-state index contributed by atoms with van der Waals surface area (Å²) in [7, 11) is 1.59. The van der Waals surface area contributed by atoms with Crippen molar-refractivity contribution in [2.45, 2.75) is 0 Å². The molecular formula is C15H13NO4S2. The van der Waals surface area contributed by atoms with Gasteiger partial charge in [0.1, 0.15) is 16.6 Å². The van der Waals surface area contributed by atoms with Crippen LogP contribution in [0, 0.1) is 0 Å². The van der Waals surface area contributed by atoms with Crippen LogP contribution in [0.1, 0.15) is 5.56 Å². The van der Waals surface area contributed by atoms with Crippen LogP contribution in [0.5, 0.6) is 5.75 Å². The first-order valence-electron chi connectivity index (χ1n) is 6.29. The van der Waals surface area contributed by atoms with Crippen LogP contribution in [-0.2, 0) is 9.59 Å². The molecule has 7 heteroatoms. The minimum absolute atomic E-state index is 0.254. The van der Waals surface area contributed by atoms with Crippen molar-refractivity contribution in [2.24, 2.45) is 0 Å². The summed E-state index contributed by atoms with van der Waals surface area (Å²) >= 11 is 6.11. The number of rotatable bonds is 5. The van der Waals surface area contributed by atoms with Gasteiger partial charge in [0.05, 0.1) is 12.0 Å². The molecule has 1 fully saturated rings. The second-order valence-electron chi connectivity index (χ2n) is 4.28. The van der Waals surface area contributed by atoms with E-state index in [0.29, 0.717) is 4.91 Å². The molecule has 114 valence electrons. The summed E-state index contributed by atoms with van der Waals surface area (Å²) in [6, 6.07) is 7.48. The number of hydrogen-bond donors (Lipinski definition) is 1. The Labute approximate surface area is 137 Å². The number of amides is 1.